The first kappa shape index (κ1) is 10.1. The summed E-state index contributed by atoms with van der Waals surface area (Å²) in [6.07, 6.45) is -4.89. The molecule has 0 aromatic heterocycles. The number of carbonyl (C=O) groups excluding carboxylic acids is 1. The summed E-state index contributed by atoms with van der Waals surface area (Å²) < 4.78 is 34.1. The van der Waals surface area contributed by atoms with Crippen LogP contribution >= 0.6 is 12.2 Å². The molecule has 0 fully saturated rings. The Bertz CT molecular complexity index is 158. The van der Waals surface area contributed by atoms with Crippen LogP contribution in [0, 0.1) is 0 Å². The highest BCUT2D eigenvalue weighted by atomic mass is 32.1. The van der Waals surface area contributed by atoms with E-state index in [1.807, 2.05) is 5.43 Å². The van der Waals surface area contributed by atoms with Crippen LogP contribution in [-0.4, -0.2) is 17.6 Å². The number of thiocarbonyl (C=S) groups is 1. The Morgan fingerprint density at radius 2 is 2.00 bits per heavy atom. The molecule has 64 valence electrons. The van der Waals surface area contributed by atoms with Crippen LogP contribution in [-0.2, 0) is 4.79 Å². The molecule has 0 aromatic carbocycles. The van der Waals surface area contributed by atoms with Gasteiger partial charge in [-0.25, -0.2) is 0 Å². The Morgan fingerprint density at radius 1 is 1.45 bits per heavy atom. The van der Waals surface area contributed by atoms with Crippen molar-refractivity contribution in [3.63, 3.8) is 0 Å². The standard InChI is InChI=1S/C3H4F3N3OS/c4-3(5,6)2(10)8-9-7-1-11/h1,9H,(H,7,11)(H,8,10). The van der Waals surface area contributed by atoms with Crippen molar-refractivity contribution in [3.05, 3.63) is 0 Å². The maximum atomic E-state index is 11.4. The van der Waals surface area contributed by atoms with E-state index in [2.05, 4.69) is 12.2 Å². The lowest BCUT2D eigenvalue weighted by atomic mass is 10.6. The zero-order chi connectivity index (χ0) is 8.91. The molecule has 11 heavy (non-hydrogen) atoms. The van der Waals surface area contributed by atoms with Crippen LogP contribution in [0.3, 0.4) is 0 Å². The number of amides is 1. The number of halogens is 3. The average molecular weight is 187 g/mol. The molecule has 0 heterocycles. The molecule has 0 atom stereocenters. The van der Waals surface area contributed by atoms with Crippen LogP contribution in [0.2, 0.25) is 0 Å². The molecule has 1 amide bonds. The van der Waals surface area contributed by atoms with Gasteiger partial charge in [0, 0.05) is 0 Å². The first-order valence-electron chi connectivity index (χ1n) is 2.30. The van der Waals surface area contributed by atoms with Gasteiger partial charge in [-0.2, -0.15) is 13.2 Å². The second kappa shape index (κ2) is 4.09. The van der Waals surface area contributed by atoms with E-state index in [-0.39, 0.29) is 0 Å². The van der Waals surface area contributed by atoms with Crippen LogP contribution in [0.5, 0.6) is 0 Å². The van der Waals surface area contributed by atoms with Crippen LogP contribution in [0.25, 0.3) is 0 Å². The molecule has 0 aliphatic rings. The SMILES string of the molecule is O=C(NNNC=S)C(F)(F)F. The van der Waals surface area contributed by atoms with Gasteiger partial charge in [-0.05, 0) is 0 Å². The molecule has 0 radical (unpaired) electrons. The smallest absolute Gasteiger partial charge is 0.300 e. The number of alkyl halides is 3. The summed E-state index contributed by atoms with van der Waals surface area (Å²) in [7, 11) is 0. The highest BCUT2D eigenvalue weighted by Gasteiger charge is 2.38. The fourth-order valence-electron chi connectivity index (χ4n) is 0.193. The highest BCUT2D eigenvalue weighted by Crippen LogP contribution is 2.13. The van der Waals surface area contributed by atoms with Gasteiger partial charge in [0.15, 0.2) is 0 Å². The quantitative estimate of drug-likeness (QED) is 0.320. The van der Waals surface area contributed by atoms with E-state index in [0.717, 1.165) is 5.49 Å². The van der Waals surface area contributed by atoms with Crippen LogP contribution in [0.1, 0.15) is 0 Å². The summed E-state index contributed by atoms with van der Waals surface area (Å²) in [4.78, 5) is 9.95. The molecule has 8 heteroatoms. The monoisotopic (exact) mass is 187 g/mol. The van der Waals surface area contributed by atoms with Gasteiger partial charge < -0.3 is 5.43 Å². The van der Waals surface area contributed by atoms with Crippen molar-refractivity contribution in [2.24, 2.45) is 0 Å². The number of hydrogen-bond acceptors (Lipinski definition) is 3. The molecule has 3 N–H and O–H groups in total. The average Bonchev–Trinajstić information content (AvgIpc) is 1.86. The molecule has 0 saturated heterocycles. The first-order valence-corrected chi connectivity index (χ1v) is 2.77. The third-order valence-electron chi connectivity index (χ3n) is 0.565. The van der Waals surface area contributed by atoms with E-state index < -0.39 is 12.1 Å². The summed E-state index contributed by atoms with van der Waals surface area (Å²) in [6, 6.07) is 0. The van der Waals surface area contributed by atoms with Crippen molar-refractivity contribution in [3.8, 4) is 0 Å². The topological polar surface area (TPSA) is 53.2 Å². The lowest BCUT2D eigenvalue weighted by Crippen LogP contribution is -2.50. The minimum Gasteiger partial charge on any atom is -0.300 e. The minimum atomic E-state index is -4.89. The Balaban J connectivity index is 3.62. The van der Waals surface area contributed by atoms with Crippen molar-refractivity contribution in [2.75, 3.05) is 0 Å². The summed E-state index contributed by atoms with van der Waals surface area (Å²) in [5, 5.41) is 0. The van der Waals surface area contributed by atoms with Gasteiger partial charge in [0.1, 0.15) is 0 Å². The number of hydrazine groups is 2. The van der Waals surface area contributed by atoms with Gasteiger partial charge in [0.05, 0.1) is 5.49 Å². The van der Waals surface area contributed by atoms with Gasteiger partial charge >= 0.3 is 12.1 Å². The van der Waals surface area contributed by atoms with Gasteiger partial charge in [-0.3, -0.25) is 10.2 Å². The summed E-state index contributed by atoms with van der Waals surface area (Å²) in [6.45, 7) is 0. The second-order valence-corrected chi connectivity index (χ2v) is 1.57. The molecule has 0 aliphatic heterocycles. The zero-order valence-corrected chi connectivity index (χ0v) is 5.84. The predicted molar refractivity (Wildman–Crippen MR) is 34.1 cm³/mol. The van der Waals surface area contributed by atoms with E-state index >= 15 is 0 Å². The number of rotatable bonds is 3. The summed E-state index contributed by atoms with van der Waals surface area (Å²) in [5.74, 6) is -2.10. The molecule has 0 saturated carbocycles. The molecule has 0 rings (SSSR count). The third-order valence-corrected chi connectivity index (χ3v) is 0.682. The molecular weight excluding hydrogens is 183 g/mol. The van der Waals surface area contributed by atoms with E-state index in [0.29, 0.717) is 0 Å². The predicted octanol–water partition coefficient (Wildman–Crippen LogP) is -0.369. The summed E-state index contributed by atoms with van der Waals surface area (Å²) in [5.41, 5.74) is 5.87. The zero-order valence-electron chi connectivity index (χ0n) is 5.03. The van der Waals surface area contributed by atoms with Gasteiger partial charge in [0.25, 0.3) is 0 Å². The number of nitrogens with one attached hydrogen (secondary N) is 3. The number of carbonyl (C=O) groups is 1. The molecular formula is C3H4F3N3OS. The maximum absolute atomic E-state index is 11.4. The molecule has 0 aromatic rings. The Morgan fingerprint density at radius 3 is 2.36 bits per heavy atom. The van der Waals surface area contributed by atoms with Crippen molar-refractivity contribution >= 4 is 23.6 Å². The van der Waals surface area contributed by atoms with E-state index in [1.165, 1.54) is 5.43 Å². The van der Waals surface area contributed by atoms with Crippen LogP contribution in [0.15, 0.2) is 0 Å². The van der Waals surface area contributed by atoms with Gasteiger partial charge in [-0.1, -0.05) is 12.2 Å². The maximum Gasteiger partial charge on any atom is 0.472 e. The van der Waals surface area contributed by atoms with Crippen molar-refractivity contribution in [1.82, 2.24) is 16.4 Å². The molecule has 0 aliphatic carbocycles. The van der Waals surface area contributed by atoms with Crippen molar-refractivity contribution < 1.29 is 18.0 Å². The molecule has 0 bridgehead atoms. The van der Waals surface area contributed by atoms with Crippen LogP contribution in [0.4, 0.5) is 13.2 Å². The lowest BCUT2D eigenvalue weighted by molar-refractivity contribution is -0.174. The first-order chi connectivity index (χ1) is 4.98. The summed E-state index contributed by atoms with van der Waals surface area (Å²) >= 11 is 4.17. The van der Waals surface area contributed by atoms with Crippen molar-refractivity contribution in [1.29, 1.82) is 0 Å². The third kappa shape index (κ3) is 4.51. The lowest BCUT2D eigenvalue weighted by Gasteiger charge is -2.07. The Hall–Kier alpha value is -0.890. The molecule has 0 spiro atoms. The highest BCUT2D eigenvalue weighted by molar-refractivity contribution is 7.78. The van der Waals surface area contributed by atoms with E-state index in [1.54, 1.807) is 5.53 Å². The van der Waals surface area contributed by atoms with E-state index in [4.69, 9.17) is 0 Å². The van der Waals surface area contributed by atoms with Gasteiger partial charge in [-0.15, -0.1) is 5.53 Å². The van der Waals surface area contributed by atoms with Crippen molar-refractivity contribution in [2.45, 2.75) is 6.18 Å². The molecule has 4 nitrogen and oxygen atoms in total. The van der Waals surface area contributed by atoms with Crippen LogP contribution < -0.4 is 16.4 Å². The Labute approximate surface area is 65.1 Å². The largest absolute Gasteiger partial charge is 0.472 e. The van der Waals surface area contributed by atoms with E-state index in [9.17, 15) is 18.0 Å². The Kier molecular flexibility index (Phi) is 3.76. The number of hydrogen-bond donors (Lipinski definition) is 3. The molecule has 0 unspecified atom stereocenters. The minimum absolute atomic E-state index is 0.899. The fourth-order valence-corrected chi connectivity index (χ4v) is 0.252. The fraction of sp³-hybridized carbons (Fsp3) is 0.333. The van der Waals surface area contributed by atoms with Gasteiger partial charge in [0.2, 0.25) is 0 Å². The second-order valence-electron chi connectivity index (χ2n) is 1.34. The normalized spacial score (nSPS) is 10.5.